The lowest BCUT2D eigenvalue weighted by Gasteiger charge is -2.13. The minimum absolute atomic E-state index is 0.0173. The Bertz CT molecular complexity index is 1310. The molecule has 1 saturated heterocycles. The molecule has 2 amide bonds. The first-order valence-corrected chi connectivity index (χ1v) is 11.1. The van der Waals surface area contributed by atoms with E-state index in [4.69, 9.17) is 21.1 Å². The summed E-state index contributed by atoms with van der Waals surface area (Å²) in [5, 5.41) is 16.7. The average molecular weight is 496 g/mol. The average Bonchev–Trinajstić information content (AvgIpc) is 3.52. The minimum atomic E-state index is -0.946. The molecule has 2 fully saturated rings. The number of carbonyl (C=O) groups is 3. The number of hydrazone groups is 1. The Balaban J connectivity index is 1.47. The van der Waals surface area contributed by atoms with Crippen LogP contribution in [0.15, 0.2) is 53.7 Å². The molecular formula is C24H18ClN3O7. The summed E-state index contributed by atoms with van der Waals surface area (Å²) in [6.45, 7) is 0. The molecule has 0 N–H and O–H groups in total. The number of nitro groups is 1. The monoisotopic (exact) mass is 495 g/mol. The van der Waals surface area contributed by atoms with Gasteiger partial charge in [0.25, 0.3) is 11.8 Å². The molecule has 2 bridgehead atoms. The number of rotatable bonds is 6. The second kappa shape index (κ2) is 8.62. The third-order valence-electron chi connectivity index (χ3n) is 6.56. The van der Waals surface area contributed by atoms with E-state index >= 15 is 0 Å². The van der Waals surface area contributed by atoms with Crippen LogP contribution in [0.25, 0.3) is 0 Å². The SMILES string of the molecule is COc1ccc(Cl)cc1C(=O)Oc1c(C=NN2C(=O)C3C4C=CC(C4)C3C2=O)cccc1[N+](=O)[O-]. The van der Waals surface area contributed by atoms with Gasteiger partial charge in [0.15, 0.2) is 0 Å². The lowest BCUT2D eigenvalue weighted by molar-refractivity contribution is -0.385. The predicted molar refractivity (Wildman–Crippen MR) is 123 cm³/mol. The first-order valence-electron chi connectivity index (χ1n) is 10.7. The van der Waals surface area contributed by atoms with Crippen LogP contribution in [0.3, 0.4) is 0 Å². The molecule has 10 nitrogen and oxygen atoms in total. The van der Waals surface area contributed by atoms with Crippen LogP contribution in [0.5, 0.6) is 11.5 Å². The molecule has 3 aliphatic rings. The van der Waals surface area contributed by atoms with Crippen molar-refractivity contribution in [2.75, 3.05) is 7.11 Å². The van der Waals surface area contributed by atoms with Gasteiger partial charge in [-0.05, 0) is 42.5 Å². The number of benzene rings is 2. The van der Waals surface area contributed by atoms with Crippen LogP contribution in [0.1, 0.15) is 22.3 Å². The van der Waals surface area contributed by atoms with Crippen LogP contribution >= 0.6 is 11.6 Å². The van der Waals surface area contributed by atoms with Crippen molar-refractivity contribution < 1.29 is 28.8 Å². The number of imide groups is 1. The number of esters is 1. The molecule has 1 aliphatic heterocycles. The van der Waals surface area contributed by atoms with Gasteiger partial charge in [-0.25, -0.2) is 4.79 Å². The van der Waals surface area contributed by atoms with Crippen molar-refractivity contribution in [1.82, 2.24) is 5.01 Å². The number of carbonyl (C=O) groups excluding carboxylic acids is 3. The van der Waals surface area contributed by atoms with E-state index in [9.17, 15) is 24.5 Å². The van der Waals surface area contributed by atoms with E-state index in [0.29, 0.717) is 0 Å². The van der Waals surface area contributed by atoms with E-state index in [2.05, 4.69) is 5.10 Å². The molecule has 1 heterocycles. The third-order valence-corrected chi connectivity index (χ3v) is 6.79. The van der Waals surface area contributed by atoms with Gasteiger partial charge in [0.1, 0.15) is 11.3 Å². The van der Waals surface area contributed by atoms with E-state index in [0.717, 1.165) is 23.7 Å². The fraction of sp³-hybridized carbons (Fsp3) is 0.250. The highest BCUT2D eigenvalue weighted by Crippen LogP contribution is 2.52. The predicted octanol–water partition coefficient (Wildman–Crippen LogP) is 3.62. The zero-order chi connectivity index (χ0) is 24.9. The Morgan fingerprint density at radius 3 is 2.49 bits per heavy atom. The number of methoxy groups -OCH3 is 1. The maximum atomic E-state index is 12.9. The summed E-state index contributed by atoms with van der Waals surface area (Å²) in [7, 11) is 1.35. The molecule has 0 spiro atoms. The number of nitrogens with zero attached hydrogens (tertiary/aromatic N) is 3. The highest BCUT2D eigenvalue weighted by molar-refractivity contribution is 6.31. The molecule has 35 heavy (non-hydrogen) atoms. The van der Waals surface area contributed by atoms with Gasteiger partial charge >= 0.3 is 11.7 Å². The Labute approximate surface area is 203 Å². The number of hydrogen-bond acceptors (Lipinski definition) is 8. The smallest absolute Gasteiger partial charge is 0.347 e. The topological polar surface area (TPSA) is 128 Å². The second-order valence-corrected chi connectivity index (χ2v) is 8.86. The highest BCUT2D eigenvalue weighted by Gasteiger charge is 2.59. The van der Waals surface area contributed by atoms with Crippen molar-refractivity contribution >= 4 is 41.3 Å². The number of halogens is 1. The number of amides is 2. The summed E-state index contributed by atoms with van der Waals surface area (Å²) in [5.41, 5.74) is -0.504. The first-order chi connectivity index (χ1) is 16.8. The molecule has 4 unspecified atom stereocenters. The molecule has 4 atom stereocenters. The van der Waals surface area contributed by atoms with E-state index in [-0.39, 0.29) is 33.7 Å². The lowest BCUT2D eigenvalue weighted by atomic mass is 9.85. The summed E-state index contributed by atoms with van der Waals surface area (Å²) in [6, 6.07) is 8.25. The second-order valence-electron chi connectivity index (χ2n) is 8.42. The van der Waals surface area contributed by atoms with E-state index in [1.807, 2.05) is 12.2 Å². The molecule has 2 aliphatic carbocycles. The zero-order valence-electron chi connectivity index (χ0n) is 18.3. The number of para-hydroxylation sites is 1. The van der Waals surface area contributed by atoms with Gasteiger partial charge in [0.05, 0.1) is 30.1 Å². The van der Waals surface area contributed by atoms with Crippen LogP contribution in [0.4, 0.5) is 5.69 Å². The van der Waals surface area contributed by atoms with Crippen LogP contribution in [0.2, 0.25) is 5.02 Å². The number of fused-ring (bicyclic) bond motifs is 5. The lowest BCUT2D eigenvalue weighted by Crippen LogP contribution is -2.28. The van der Waals surface area contributed by atoms with Crippen LogP contribution in [-0.4, -0.2) is 41.0 Å². The Morgan fingerprint density at radius 2 is 1.86 bits per heavy atom. The number of ether oxygens (including phenoxy) is 2. The summed E-state index contributed by atoms with van der Waals surface area (Å²) in [5.74, 6) is -2.82. The van der Waals surface area contributed by atoms with Crippen molar-refractivity contribution in [3.05, 3.63) is 74.8 Å². The van der Waals surface area contributed by atoms with Crippen molar-refractivity contribution in [1.29, 1.82) is 0 Å². The van der Waals surface area contributed by atoms with Crippen molar-refractivity contribution in [3.8, 4) is 11.5 Å². The minimum Gasteiger partial charge on any atom is -0.496 e. The van der Waals surface area contributed by atoms with Crippen LogP contribution in [0, 0.1) is 33.8 Å². The van der Waals surface area contributed by atoms with E-state index in [1.165, 1.54) is 37.4 Å². The fourth-order valence-corrected chi connectivity index (χ4v) is 5.18. The standard InChI is InChI=1S/C24H18ClN3O7/c1-34-18-8-7-15(25)10-16(18)24(31)35-21-14(3-2-4-17(21)28(32)33)11-26-27-22(29)19-12-5-6-13(9-12)20(19)23(27)30/h2-8,10-13,19-20H,9H2,1H3. The molecule has 2 aromatic rings. The largest absolute Gasteiger partial charge is 0.496 e. The third kappa shape index (κ3) is 3.75. The molecule has 5 rings (SSSR count). The molecule has 178 valence electrons. The summed E-state index contributed by atoms with van der Waals surface area (Å²) in [4.78, 5) is 49.6. The van der Waals surface area contributed by atoms with Crippen molar-refractivity contribution in [3.63, 3.8) is 0 Å². The normalized spacial score (nSPS) is 24.3. The molecule has 2 aromatic carbocycles. The van der Waals surface area contributed by atoms with Gasteiger partial charge in [-0.15, -0.1) is 0 Å². The van der Waals surface area contributed by atoms with Gasteiger partial charge < -0.3 is 9.47 Å². The van der Waals surface area contributed by atoms with Gasteiger partial charge in [0, 0.05) is 16.7 Å². The van der Waals surface area contributed by atoms with Crippen LogP contribution in [-0.2, 0) is 9.59 Å². The Hall–Kier alpha value is -4.05. The Morgan fingerprint density at radius 1 is 1.17 bits per heavy atom. The number of allylic oxidation sites excluding steroid dienone is 2. The maximum Gasteiger partial charge on any atom is 0.347 e. The number of nitro benzene ring substituents is 1. The van der Waals surface area contributed by atoms with Crippen LogP contribution < -0.4 is 9.47 Å². The van der Waals surface area contributed by atoms with E-state index < -0.39 is 46.0 Å². The van der Waals surface area contributed by atoms with Gasteiger partial charge in [0.2, 0.25) is 5.75 Å². The highest BCUT2D eigenvalue weighted by atomic mass is 35.5. The van der Waals surface area contributed by atoms with Gasteiger partial charge in [-0.1, -0.05) is 29.8 Å². The number of hydrogen-bond donors (Lipinski definition) is 0. The molecule has 1 saturated carbocycles. The van der Waals surface area contributed by atoms with E-state index in [1.54, 1.807) is 0 Å². The molecule has 0 aromatic heterocycles. The summed E-state index contributed by atoms with van der Waals surface area (Å²) in [6.07, 6.45) is 5.82. The van der Waals surface area contributed by atoms with Gasteiger partial charge in [-0.3, -0.25) is 19.7 Å². The van der Waals surface area contributed by atoms with Crippen molar-refractivity contribution in [2.45, 2.75) is 6.42 Å². The van der Waals surface area contributed by atoms with Gasteiger partial charge in [-0.2, -0.15) is 10.1 Å². The molecule has 0 radical (unpaired) electrons. The molecular weight excluding hydrogens is 478 g/mol. The summed E-state index contributed by atoms with van der Waals surface area (Å²) < 4.78 is 10.6. The Kier molecular flexibility index (Phi) is 5.60. The maximum absolute atomic E-state index is 12.9. The first kappa shape index (κ1) is 22.7. The quantitative estimate of drug-likeness (QED) is 0.114. The zero-order valence-corrected chi connectivity index (χ0v) is 19.0. The fourth-order valence-electron chi connectivity index (χ4n) is 5.01. The van der Waals surface area contributed by atoms with Crippen molar-refractivity contribution in [2.24, 2.45) is 28.8 Å². The summed E-state index contributed by atoms with van der Waals surface area (Å²) >= 11 is 5.98. The molecule has 11 heteroatoms.